The highest BCUT2D eigenvalue weighted by Gasteiger charge is 2.32. The first-order chi connectivity index (χ1) is 11.5. The SMILES string of the molecule is COC(=O)CCN1C(=O)C(=Cc2ccc(OC)c(OC)c2)SC1=S. The summed E-state index contributed by atoms with van der Waals surface area (Å²) in [7, 11) is 4.42. The minimum atomic E-state index is -0.382. The molecule has 1 aromatic rings. The van der Waals surface area contributed by atoms with Crippen molar-refractivity contribution in [3.05, 3.63) is 28.7 Å². The van der Waals surface area contributed by atoms with E-state index in [4.69, 9.17) is 21.7 Å². The molecule has 6 nitrogen and oxygen atoms in total. The first kappa shape index (κ1) is 18.3. The van der Waals surface area contributed by atoms with Gasteiger partial charge in [-0.15, -0.1) is 0 Å². The molecular formula is C16H17NO5S2. The lowest BCUT2D eigenvalue weighted by atomic mass is 10.2. The average Bonchev–Trinajstić information content (AvgIpc) is 2.86. The number of rotatable bonds is 6. The van der Waals surface area contributed by atoms with Crippen molar-refractivity contribution in [1.29, 1.82) is 0 Å². The topological polar surface area (TPSA) is 65.1 Å². The van der Waals surface area contributed by atoms with Gasteiger partial charge in [0.2, 0.25) is 0 Å². The van der Waals surface area contributed by atoms with Crippen LogP contribution >= 0.6 is 24.0 Å². The Kier molecular flexibility index (Phi) is 6.22. The Labute approximate surface area is 149 Å². The molecule has 0 N–H and O–H groups in total. The zero-order chi connectivity index (χ0) is 17.7. The number of methoxy groups -OCH3 is 3. The highest BCUT2D eigenvalue weighted by atomic mass is 32.2. The largest absolute Gasteiger partial charge is 0.493 e. The standard InChI is InChI=1S/C16H17NO5S2/c1-20-11-5-4-10(8-12(11)21-2)9-13-15(19)17(16(23)24-13)7-6-14(18)22-3/h4-5,8-9H,6-7H2,1-3H3. The molecule has 8 heteroatoms. The Bertz CT molecular complexity index is 702. The van der Waals surface area contributed by atoms with Gasteiger partial charge in [0.1, 0.15) is 4.32 Å². The van der Waals surface area contributed by atoms with Crippen molar-refractivity contribution in [3.8, 4) is 11.5 Å². The number of ether oxygens (including phenoxy) is 3. The molecule has 2 rings (SSSR count). The van der Waals surface area contributed by atoms with Gasteiger partial charge in [0, 0.05) is 6.54 Å². The second-order valence-corrected chi connectivity index (χ2v) is 6.45. The second kappa shape index (κ2) is 8.16. The third-order valence-electron chi connectivity index (χ3n) is 3.35. The van der Waals surface area contributed by atoms with Gasteiger partial charge in [-0.05, 0) is 23.8 Å². The highest BCUT2D eigenvalue weighted by molar-refractivity contribution is 8.26. The van der Waals surface area contributed by atoms with Gasteiger partial charge in [-0.25, -0.2) is 0 Å². The van der Waals surface area contributed by atoms with Gasteiger partial charge in [-0.3, -0.25) is 14.5 Å². The summed E-state index contributed by atoms with van der Waals surface area (Å²) in [6.07, 6.45) is 1.84. The molecule has 1 aromatic carbocycles. The minimum Gasteiger partial charge on any atom is -0.493 e. The van der Waals surface area contributed by atoms with E-state index in [9.17, 15) is 9.59 Å². The van der Waals surface area contributed by atoms with Gasteiger partial charge in [0.25, 0.3) is 5.91 Å². The average molecular weight is 367 g/mol. The Morgan fingerprint density at radius 1 is 1.25 bits per heavy atom. The van der Waals surface area contributed by atoms with E-state index in [-0.39, 0.29) is 24.8 Å². The van der Waals surface area contributed by atoms with E-state index in [1.165, 1.54) is 23.8 Å². The summed E-state index contributed by atoms with van der Waals surface area (Å²) in [6.45, 7) is 0.209. The Morgan fingerprint density at radius 3 is 2.58 bits per heavy atom. The molecule has 0 atom stereocenters. The van der Waals surface area contributed by atoms with Crippen LogP contribution in [0, 0.1) is 0 Å². The van der Waals surface area contributed by atoms with E-state index >= 15 is 0 Å². The Morgan fingerprint density at radius 2 is 1.96 bits per heavy atom. The monoisotopic (exact) mass is 367 g/mol. The number of thioether (sulfide) groups is 1. The molecule has 1 aliphatic heterocycles. The molecule has 1 heterocycles. The van der Waals surface area contributed by atoms with Crippen LogP contribution in [0.1, 0.15) is 12.0 Å². The van der Waals surface area contributed by atoms with Crippen LogP contribution in [0.5, 0.6) is 11.5 Å². The van der Waals surface area contributed by atoms with Crippen molar-refractivity contribution in [3.63, 3.8) is 0 Å². The van der Waals surface area contributed by atoms with Crippen LogP contribution in [0.4, 0.5) is 0 Å². The summed E-state index contributed by atoms with van der Waals surface area (Å²) >= 11 is 6.42. The second-order valence-electron chi connectivity index (χ2n) is 4.77. The fraction of sp³-hybridized carbons (Fsp3) is 0.312. The zero-order valence-corrected chi connectivity index (χ0v) is 15.2. The van der Waals surface area contributed by atoms with Gasteiger partial charge in [0.05, 0.1) is 32.7 Å². The maximum atomic E-state index is 12.4. The Balaban J connectivity index is 2.17. The lowest BCUT2D eigenvalue weighted by Crippen LogP contribution is -2.30. The van der Waals surface area contributed by atoms with Gasteiger partial charge < -0.3 is 14.2 Å². The van der Waals surface area contributed by atoms with Crippen molar-refractivity contribution < 1.29 is 23.8 Å². The zero-order valence-electron chi connectivity index (χ0n) is 13.5. The maximum absolute atomic E-state index is 12.4. The summed E-state index contributed by atoms with van der Waals surface area (Å²) in [4.78, 5) is 25.6. The predicted molar refractivity (Wildman–Crippen MR) is 96.1 cm³/mol. The summed E-state index contributed by atoms with van der Waals surface area (Å²) < 4.78 is 15.5. The number of esters is 1. The lowest BCUT2D eigenvalue weighted by Gasteiger charge is -2.13. The summed E-state index contributed by atoms with van der Waals surface area (Å²) in [6, 6.07) is 5.37. The number of carbonyl (C=O) groups excluding carboxylic acids is 2. The van der Waals surface area contributed by atoms with Gasteiger partial charge in [-0.2, -0.15) is 0 Å². The first-order valence-electron chi connectivity index (χ1n) is 7.04. The smallest absolute Gasteiger partial charge is 0.307 e. The van der Waals surface area contributed by atoms with Crippen LogP contribution < -0.4 is 9.47 Å². The molecule has 1 amide bonds. The third kappa shape index (κ3) is 4.07. The molecule has 0 spiro atoms. The first-order valence-corrected chi connectivity index (χ1v) is 8.26. The summed E-state index contributed by atoms with van der Waals surface area (Å²) in [5.41, 5.74) is 0.793. The molecule has 0 bridgehead atoms. The van der Waals surface area contributed by atoms with E-state index in [1.54, 1.807) is 32.4 Å². The van der Waals surface area contributed by atoms with E-state index in [1.807, 2.05) is 6.07 Å². The lowest BCUT2D eigenvalue weighted by molar-refractivity contribution is -0.140. The number of carbonyl (C=O) groups is 2. The number of amides is 1. The maximum Gasteiger partial charge on any atom is 0.307 e. The van der Waals surface area contributed by atoms with Crippen molar-refractivity contribution in [1.82, 2.24) is 4.90 Å². The van der Waals surface area contributed by atoms with E-state index < -0.39 is 0 Å². The van der Waals surface area contributed by atoms with Crippen molar-refractivity contribution in [2.45, 2.75) is 6.42 Å². The van der Waals surface area contributed by atoms with E-state index in [0.29, 0.717) is 20.7 Å². The van der Waals surface area contributed by atoms with Gasteiger partial charge in [-0.1, -0.05) is 30.0 Å². The fourth-order valence-electron chi connectivity index (χ4n) is 2.09. The molecule has 0 aliphatic carbocycles. The fourth-order valence-corrected chi connectivity index (χ4v) is 3.40. The summed E-state index contributed by atoms with van der Waals surface area (Å²) in [5.74, 6) is 0.587. The van der Waals surface area contributed by atoms with Crippen molar-refractivity contribution >= 4 is 46.3 Å². The van der Waals surface area contributed by atoms with Crippen LogP contribution in [0.15, 0.2) is 23.1 Å². The molecule has 128 valence electrons. The number of nitrogens with zero attached hydrogens (tertiary/aromatic N) is 1. The molecule has 0 saturated carbocycles. The van der Waals surface area contributed by atoms with Crippen LogP contribution in [-0.2, 0) is 14.3 Å². The number of benzene rings is 1. The van der Waals surface area contributed by atoms with Gasteiger partial charge in [0.15, 0.2) is 11.5 Å². The molecule has 1 saturated heterocycles. The quantitative estimate of drug-likeness (QED) is 0.435. The molecule has 0 unspecified atom stereocenters. The number of thiocarbonyl (C=S) groups is 1. The van der Waals surface area contributed by atoms with Crippen LogP contribution in [0.2, 0.25) is 0 Å². The van der Waals surface area contributed by atoms with Crippen LogP contribution in [0.25, 0.3) is 6.08 Å². The Hall–Kier alpha value is -2.06. The van der Waals surface area contributed by atoms with E-state index in [2.05, 4.69) is 4.74 Å². The number of hydrogen-bond donors (Lipinski definition) is 0. The van der Waals surface area contributed by atoms with Crippen molar-refractivity contribution in [2.75, 3.05) is 27.9 Å². The van der Waals surface area contributed by atoms with Crippen LogP contribution in [0.3, 0.4) is 0 Å². The number of hydrogen-bond acceptors (Lipinski definition) is 7. The third-order valence-corrected chi connectivity index (χ3v) is 4.72. The van der Waals surface area contributed by atoms with Crippen molar-refractivity contribution in [2.24, 2.45) is 0 Å². The molecule has 0 radical (unpaired) electrons. The molecule has 1 aliphatic rings. The highest BCUT2D eigenvalue weighted by Crippen LogP contribution is 2.34. The molecule has 0 aromatic heterocycles. The molecule has 24 heavy (non-hydrogen) atoms. The molecule has 1 fully saturated rings. The minimum absolute atomic E-state index is 0.104. The van der Waals surface area contributed by atoms with Crippen LogP contribution in [-0.4, -0.2) is 49.0 Å². The predicted octanol–water partition coefficient (Wildman–Crippen LogP) is 2.47. The van der Waals surface area contributed by atoms with E-state index in [0.717, 1.165) is 5.56 Å². The normalized spacial score (nSPS) is 15.8. The summed E-state index contributed by atoms with van der Waals surface area (Å²) in [5, 5.41) is 0. The molecular weight excluding hydrogens is 350 g/mol. The van der Waals surface area contributed by atoms with Gasteiger partial charge >= 0.3 is 5.97 Å².